The van der Waals surface area contributed by atoms with Gasteiger partial charge in [0.25, 0.3) is 0 Å². The summed E-state index contributed by atoms with van der Waals surface area (Å²) in [6.45, 7) is 5.94. The number of nitrogens with one attached hydrogen (secondary N) is 1. The first-order valence-corrected chi connectivity index (χ1v) is 13.8. The van der Waals surface area contributed by atoms with Crippen molar-refractivity contribution in [3.05, 3.63) is 106 Å². The van der Waals surface area contributed by atoms with E-state index in [0.29, 0.717) is 27.4 Å². The van der Waals surface area contributed by atoms with Crippen molar-refractivity contribution in [2.75, 3.05) is 0 Å². The quantitative estimate of drug-likeness (QED) is 0.239. The van der Waals surface area contributed by atoms with Crippen molar-refractivity contribution < 1.29 is 22.7 Å². The van der Waals surface area contributed by atoms with E-state index in [4.69, 9.17) is 0 Å². The number of benzene rings is 3. The maximum absolute atomic E-state index is 12.9. The fraction of sp³-hybridized carbons (Fsp3) is 0.167. The zero-order valence-electron chi connectivity index (χ0n) is 23.1. The molecule has 1 atom stereocenters. The number of ether oxygens (including phenoxy) is 1. The lowest BCUT2D eigenvalue weighted by Crippen LogP contribution is -2.28. The van der Waals surface area contributed by atoms with Crippen LogP contribution in [0.2, 0.25) is 0 Å². The van der Waals surface area contributed by atoms with Gasteiger partial charge in [0.15, 0.2) is 10.6 Å². The van der Waals surface area contributed by atoms with Crippen molar-refractivity contribution in [3.8, 4) is 34.6 Å². The Morgan fingerprint density at radius 3 is 2.35 bits per heavy atom. The minimum absolute atomic E-state index is 0.342. The highest BCUT2D eigenvalue weighted by Gasteiger charge is 2.31. The van der Waals surface area contributed by atoms with E-state index >= 15 is 0 Å². The number of urea groups is 1. The summed E-state index contributed by atoms with van der Waals surface area (Å²) in [5, 5.41) is 18.8. The molecule has 1 unspecified atom stereocenters. The third-order valence-corrected chi connectivity index (χ3v) is 7.41. The van der Waals surface area contributed by atoms with Gasteiger partial charge in [-0.05, 0) is 61.7 Å². The fourth-order valence-electron chi connectivity index (χ4n) is 4.48. The molecule has 9 nitrogen and oxygen atoms in total. The number of para-hydroxylation sites is 1. The van der Waals surface area contributed by atoms with Crippen LogP contribution in [0.3, 0.4) is 0 Å². The van der Waals surface area contributed by atoms with E-state index in [0.717, 1.165) is 22.5 Å². The molecule has 2 heterocycles. The van der Waals surface area contributed by atoms with Crippen LogP contribution in [-0.2, 0) is 0 Å². The van der Waals surface area contributed by atoms with Crippen LogP contribution in [0.25, 0.3) is 22.8 Å². The van der Waals surface area contributed by atoms with E-state index in [9.17, 15) is 23.2 Å². The molecule has 0 spiro atoms. The zero-order chi connectivity index (χ0) is 30.7. The second-order valence-electron chi connectivity index (χ2n) is 9.54. The van der Waals surface area contributed by atoms with Gasteiger partial charge < -0.3 is 10.1 Å². The Labute approximate surface area is 248 Å². The smallest absolute Gasteiger partial charge is 0.406 e. The van der Waals surface area contributed by atoms with Crippen LogP contribution in [0.5, 0.6) is 5.75 Å². The third kappa shape index (κ3) is 6.65. The second-order valence-corrected chi connectivity index (χ2v) is 10.4. The fourth-order valence-corrected chi connectivity index (χ4v) is 5.34. The van der Waals surface area contributed by atoms with Gasteiger partial charge in [0.05, 0.1) is 17.4 Å². The average Bonchev–Trinajstić information content (AvgIpc) is 3.59. The van der Waals surface area contributed by atoms with Gasteiger partial charge in [0, 0.05) is 16.6 Å². The van der Waals surface area contributed by atoms with E-state index in [1.54, 1.807) is 24.3 Å². The van der Waals surface area contributed by atoms with Crippen LogP contribution in [0, 0.1) is 32.1 Å². The van der Waals surface area contributed by atoms with Crippen molar-refractivity contribution in [2.45, 2.75) is 33.2 Å². The molecule has 43 heavy (non-hydrogen) atoms. The molecule has 0 radical (unpaired) electrons. The standard InChI is InChI=1S/C30H24F3N7O2S/c1-18-5-4-6-19(2)26(18)40-20(3)16-43-29(40)37-28(41)36-25(15-34)21-7-9-22(10-8-21)27-35-17-39(38-27)23-11-13-24(14-12-23)42-30(31,32)33/h4-14,16-17,25H,1-3H3,(H,36,41). The number of carbonyl (C=O) groups is 1. The maximum Gasteiger partial charge on any atom is 0.573 e. The summed E-state index contributed by atoms with van der Waals surface area (Å²) in [5.41, 5.74) is 5.65. The molecular weight excluding hydrogens is 579 g/mol. The number of thiazole rings is 1. The Bertz CT molecular complexity index is 1860. The van der Waals surface area contributed by atoms with Gasteiger partial charge in [-0.1, -0.05) is 42.5 Å². The maximum atomic E-state index is 12.9. The number of hydrogen-bond donors (Lipinski definition) is 1. The summed E-state index contributed by atoms with van der Waals surface area (Å²) < 4.78 is 44.5. The molecule has 0 fully saturated rings. The van der Waals surface area contributed by atoms with Gasteiger partial charge in [0.2, 0.25) is 0 Å². The number of aromatic nitrogens is 4. The number of hydrogen-bond acceptors (Lipinski definition) is 6. The van der Waals surface area contributed by atoms with Crippen molar-refractivity contribution in [3.63, 3.8) is 0 Å². The predicted octanol–water partition coefficient (Wildman–Crippen LogP) is 6.49. The number of nitrogens with zero attached hydrogens (tertiary/aromatic N) is 6. The summed E-state index contributed by atoms with van der Waals surface area (Å²) in [6, 6.07) is 18.5. The largest absolute Gasteiger partial charge is 0.573 e. The highest BCUT2D eigenvalue weighted by molar-refractivity contribution is 7.07. The van der Waals surface area contributed by atoms with E-state index in [1.165, 1.54) is 46.6 Å². The molecular formula is C30H24F3N7O2S. The Morgan fingerprint density at radius 2 is 1.72 bits per heavy atom. The minimum Gasteiger partial charge on any atom is -0.406 e. The van der Waals surface area contributed by atoms with Crippen LogP contribution in [0.15, 0.2) is 83.4 Å². The van der Waals surface area contributed by atoms with Gasteiger partial charge in [-0.2, -0.15) is 10.3 Å². The molecule has 3 aromatic carbocycles. The zero-order valence-corrected chi connectivity index (χ0v) is 23.9. The lowest BCUT2D eigenvalue weighted by atomic mass is 10.1. The Morgan fingerprint density at radius 1 is 1.05 bits per heavy atom. The van der Waals surface area contributed by atoms with Crippen molar-refractivity contribution in [2.24, 2.45) is 4.99 Å². The highest BCUT2D eigenvalue weighted by atomic mass is 32.1. The normalized spacial score (nSPS) is 12.5. The number of rotatable bonds is 6. The summed E-state index contributed by atoms with van der Waals surface area (Å²) in [7, 11) is 0. The van der Waals surface area contributed by atoms with Crippen LogP contribution >= 0.6 is 11.3 Å². The van der Waals surface area contributed by atoms with E-state index in [-0.39, 0.29) is 5.75 Å². The molecule has 5 rings (SSSR count). The van der Waals surface area contributed by atoms with Gasteiger partial charge in [-0.15, -0.1) is 29.6 Å². The third-order valence-electron chi connectivity index (χ3n) is 6.46. The number of alkyl halides is 3. The topological polar surface area (TPSA) is 110 Å². The number of halogens is 3. The molecule has 1 N–H and O–H groups in total. The summed E-state index contributed by atoms with van der Waals surface area (Å²) >= 11 is 1.34. The molecule has 2 aromatic heterocycles. The summed E-state index contributed by atoms with van der Waals surface area (Å²) in [6.07, 6.45) is -3.34. The molecule has 2 amide bonds. The van der Waals surface area contributed by atoms with E-state index < -0.39 is 18.4 Å². The minimum atomic E-state index is -4.77. The summed E-state index contributed by atoms with van der Waals surface area (Å²) in [5.74, 6) is 0.0176. The molecule has 5 aromatic rings. The van der Waals surface area contributed by atoms with Crippen molar-refractivity contribution >= 4 is 17.4 Å². The molecule has 0 saturated carbocycles. The lowest BCUT2D eigenvalue weighted by molar-refractivity contribution is -0.274. The Kier molecular flexibility index (Phi) is 8.13. The summed E-state index contributed by atoms with van der Waals surface area (Å²) in [4.78, 5) is 21.9. The monoisotopic (exact) mass is 603 g/mol. The van der Waals surface area contributed by atoms with Crippen LogP contribution < -0.4 is 14.9 Å². The molecule has 0 aliphatic heterocycles. The predicted molar refractivity (Wildman–Crippen MR) is 154 cm³/mol. The first-order valence-electron chi connectivity index (χ1n) is 12.9. The number of amides is 2. The SMILES string of the molecule is Cc1cccc(C)c1-n1c(C)csc1=NC(=O)NC(C#N)c1ccc(-c2ncn(-c3ccc(OC(F)(F)F)cc3)n2)cc1. The Balaban J connectivity index is 1.31. The number of nitriles is 1. The number of aryl methyl sites for hydroxylation is 3. The molecule has 0 bridgehead atoms. The van der Waals surface area contributed by atoms with Crippen molar-refractivity contribution in [1.29, 1.82) is 5.26 Å². The molecule has 0 saturated heterocycles. The highest BCUT2D eigenvalue weighted by Crippen LogP contribution is 2.25. The van der Waals surface area contributed by atoms with Gasteiger partial charge in [-0.25, -0.2) is 14.5 Å². The lowest BCUT2D eigenvalue weighted by Gasteiger charge is -2.13. The van der Waals surface area contributed by atoms with Crippen LogP contribution in [-0.4, -0.2) is 31.7 Å². The first kappa shape index (κ1) is 29.3. The second kappa shape index (κ2) is 11.9. The van der Waals surface area contributed by atoms with Crippen molar-refractivity contribution in [1.82, 2.24) is 24.6 Å². The van der Waals surface area contributed by atoms with Gasteiger partial charge in [-0.3, -0.25) is 4.57 Å². The van der Waals surface area contributed by atoms with Gasteiger partial charge in [0.1, 0.15) is 18.1 Å². The Hall–Kier alpha value is -5.22. The van der Waals surface area contributed by atoms with Crippen LogP contribution in [0.4, 0.5) is 18.0 Å². The molecule has 0 aliphatic rings. The molecule has 218 valence electrons. The molecule has 13 heteroatoms. The van der Waals surface area contributed by atoms with Crippen LogP contribution in [0.1, 0.15) is 28.4 Å². The van der Waals surface area contributed by atoms with E-state index in [1.807, 2.05) is 48.9 Å². The van der Waals surface area contributed by atoms with E-state index in [2.05, 4.69) is 31.2 Å². The first-order chi connectivity index (χ1) is 20.5. The average molecular weight is 604 g/mol. The van der Waals surface area contributed by atoms with Gasteiger partial charge >= 0.3 is 12.4 Å². The number of carbonyl (C=O) groups excluding carboxylic acids is 1. The molecule has 0 aliphatic carbocycles.